The summed E-state index contributed by atoms with van der Waals surface area (Å²) in [6.45, 7) is 6.62. The van der Waals surface area contributed by atoms with E-state index >= 15 is 0 Å². The number of hydrogen-bond acceptors (Lipinski definition) is 2. The number of carbonyl (C=O) groups is 2. The van der Waals surface area contributed by atoms with Gasteiger partial charge < -0.3 is 0 Å². The van der Waals surface area contributed by atoms with Crippen molar-refractivity contribution in [2.75, 3.05) is 0 Å². The lowest BCUT2D eigenvalue weighted by molar-refractivity contribution is -0.129. The maximum Gasteiger partial charge on any atom is 0.133 e. The number of rotatable bonds is 1. The van der Waals surface area contributed by atoms with Crippen LogP contribution in [0.5, 0.6) is 0 Å². The zero-order valence-corrected chi connectivity index (χ0v) is 14.4. The molecule has 0 radical (unpaired) electrons. The zero-order valence-electron chi connectivity index (χ0n) is 14.4. The monoisotopic (exact) mass is 302 g/mol. The topological polar surface area (TPSA) is 34.1 Å². The van der Waals surface area contributed by atoms with Crippen LogP contribution in [0.25, 0.3) is 0 Å². The van der Waals surface area contributed by atoms with Crippen LogP contribution in [0.3, 0.4) is 0 Å². The first-order valence-corrected chi connectivity index (χ1v) is 9.38. The summed E-state index contributed by atoms with van der Waals surface area (Å²) in [5, 5.41) is 0. The van der Waals surface area contributed by atoms with Gasteiger partial charge in [0.2, 0.25) is 0 Å². The van der Waals surface area contributed by atoms with Crippen molar-refractivity contribution in [2.24, 2.45) is 40.4 Å². The fraction of sp³-hybridized carbons (Fsp3) is 0.900. The van der Waals surface area contributed by atoms with Crippen LogP contribution >= 0.6 is 0 Å². The average molecular weight is 302 g/mol. The van der Waals surface area contributed by atoms with Crippen LogP contribution in [0.4, 0.5) is 0 Å². The van der Waals surface area contributed by atoms with Crippen molar-refractivity contribution in [2.45, 2.75) is 72.1 Å². The Bertz CT molecular complexity index is 524. The molecule has 0 saturated heterocycles. The number of Topliss-reactive ketones (excluding diaryl/α,β-unsaturated/α-hetero) is 2. The van der Waals surface area contributed by atoms with Crippen LogP contribution in [0, 0.1) is 40.4 Å². The summed E-state index contributed by atoms with van der Waals surface area (Å²) < 4.78 is 0. The van der Waals surface area contributed by atoms with Gasteiger partial charge in [-0.1, -0.05) is 13.8 Å². The molecule has 0 aromatic carbocycles. The predicted octanol–water partition coefficient (Wildman–Crippen LogP) is 4.41. The summed E-state index contributed by atoms with van der Waals surface area (Å²) in [5.74, 6) is 4.11. The summed E-state index contributed by atoms with van der Waals surface area (Å²) >= 11 is 0. The molecule has 122 valence electrons. The molecule has 0 bridgehead atoms. The Hall–Kier alpha value is -0.660. The largest absolute Gasteiger partial charge is 0.300 e. The molecule has 0 aromatic heterocycles. The van der Waals surface area contributed by atoms with Crippen LogP contribution in [0.2, 0.25) is 0 Å². The SMILES string of the molecule is CC(=O)[C@H]1CC[C@H]2[C@@H]3CC[C@H]4CC(=O)C[C@]4(C)[C@H]3CC[C@]12C. The fourth-order valence-electron chi connectivity index (χ4n) is 7.59. The minimum atomic E-state index is 0.249. The van der Waals surface area contributed by atoms with Gasteiger partial charge in [0, 0.05) is 18.8 Å². The molecule has 22 heavy (non-hydrogen) atoms. The van der Waals surface area contributed by atoms with Crippen molar-refractivity contribution < 1.29 is 9.59 Å². The van der Waals surface area contributed by atoms with Crippen molar-refractivity contribution >= 4 is 11.6 Å². The van der Waals surface area contributed by atoms with E-state index in [1.165, 1.54) is 32.1 Å². The quantitative estimate of drug-likeness (QED) is 0.719. The Morgan fingerprint density at radius 3 is 2.45 bits per heavy atom. The first kappa shape index (κ1) is 14.9. The highest BCUT2D eigenvalue weighted by molar-refractivity contribution is 5.82. The van der Waals surface area contributed by atoms with Gasteiger partial charge in [0.15, 0.2) is 0 Å². The van der Waals surface area contributed by atoms with Gasteiger partial charge in [-0.15, -0.1) is 0 Å². The Labute approximate surface area is 134 Å². The van der Waals surface area contributed by atoms with E-state index in [-0.39, 0.29) is 10.8 Å². The highest BCUT2D eigenvalue weighted by Crippen LogP contribution is 2.67. The van der Waals surface area contributed by atoms with Crippen molar-refractivity contribution in [3.8, 4) is 0 Å². The second kappa shape index (κ2) is 4.68. The molecule has 2 nitrogen and oxygen atoms in total. The number of hydrogen-bond donors (Lipinski definition) is 0. The van der Waals surface area contributed by atoms with Crippen LogP contribution in [-0.2, 0) is 9.59 Å². The lowest BCUT2D eigenvalue weighted by Crippen LogP contribution is -2.51. The number of ketones is 2. The summed E-state index contributed by atoms with van der Waals surface area (Å²) in [7, 11) is 0. The Kier molecular flexibility index (Phi) is 3.17. The van der Waals surface area contributed by atoms with Crippen molar-refractivity contribution in [3.05, 3.63) is 0 Å². The third-order valence-electron chi connectivity index (χ3n) is 8.61. The molecule has 4 rings (SSSR count). The molecule has 0 heterocycles. The molecule has 0 spiro atoms. The third-order valence-corrected chi connectivity index (χ3v) is 8.61. The molecule has 0 N–H and O–H groups in total. The van der Waals surface area contributed by atoms with E-state index in [1.807, 2.05) is 0 Å². The second-order valence-corrected chi connectivity index (χ2v) is 9.36. The summed E-state index contributed by atoms with van der Waals surface area (Å²) in [6, 6.07) is 0. The van der Waals surface area contributed by atoms with Crippen LogP contribution in [-0.4, -0.2) is 11.6 Å². The number of fused-ring (bicyclic) bond motifs is 5. The van der Waals surface area contributed by atoms with E-state index in [1.54, 1.807) is 6.92 Å². The van der Waals surface area contributed by atoms with Gasteiger partial charge in [-0.3, -0.25) is 9.59 Å². The Morgan fingerprint density at radius 2 is 1.73 bits per heavy atom. The van der Waals surface area contributed by atoms with Gasteiger partial charge in [-0.2, -0.15) is 0 Å². The summed E-state index contributed by atoms with van der Waals surface area (Å²) in [6.07, 6.45) is 9.05. The molecule has 2 heteroatoms. The third kappa shape index (κ3) is 1.79. The summed E-state index contributed by atoms with van der Waals surface area (Å²) in [4.78, 5) is 24.2. The normalized spacial score (nSPS) is 53.8. The van der Waals surface area contributed by atoms with E-state index in [4.69, 9.17) is 0 Å². The molecule has 7 atom stereocenters. The molecule has 4 aliphatic rings. The lowest BCUT2D eigenvalue weighted by atomic mass is 9.47. The van der Waals surface area contributed by atoms with Crippen LogP contribution < -0.4 is 0 Å². The molecule has 0 aromatic rings. The average Bonchev–Trinajstić information content (AvgIpc) is 2.93. The highest BCUT2D eigenvalue weighted by atomic mass is 16.1. The standard InChI is InChI=1S/C20H30O2/c1-12(21)16-6-7-17-15-5-4-13-10-14(22)11-20(13,3)18(15)8-9-19(16,17)2/h13,15-18H,4-11H2,1-3H3/t13-,15-,16+,17-,18-,19+,20-/m0/s1. The Balaban J connectivity index is 1.65. The minimum absolute atomic E-state index is 0.249. The molecular formula is C20H30O2. The number of carbonyl (C=O) groups excluding carboxylic acids is 2. The highest BCUT2D eigenvalue weighted by Gasteiger charge is 2.61. The molecular weight excluding hydrogens is 272 g/mol. The van der Waals surface area contributed by atoms with Gasteiger partial charge >= 0.3 is 0 Å². The first-order chi connectivity index (χ1) is 10.4. The molecule has 4 saturated carbocycles. The minimum Gasteiger partial charge on any atom is -0.300 e. The fourth-order valence-corrected chi connectivity index (χ4v) is 7.59. The van der Waals surface area contributed by atoms with Gasteiger partial charge in [0.05, 0.1) is 0 Å². The zero-order chi connectivity index (χ0) is 15.7. The van der Waals surface area contributed by atoms with Crippen molar-refractivity contribution in [1.82, 2.24) is 0 Å². The smallest absolute Gasteiger partial charge is 0.133 e. The first-order valence-electron chi connectivity index (χ1n) is 9.38. The van der Waals surface area contributed by atoms with Gasteiger partial charge in [0.1, 0.15) is 11.6 Å². The molecule has 0 unspecified atom stereocenters. The molecule has 4 fully saturated rings. The van der Waals surface area contributed by atoms with Gasteiger partial charge in [-0.25, -0.2) is 0 Å². The van der Waals surface area contributed by atoms with E-state index in [2.05, 4.69) is 13.8 Å². The Morgan fingerprint density at radius 1 is 1.00 bits per heavy atom. The van der Waals surface area contributed by atoms with Gasteiger partial charge in [-0.05, 0) is 80.0 Å². The summed E-state index contributed by atoms with van der Waals surface area (Å²) in [5.41, 5.74) is 0.522. The maximum absolute atomic E-state index is 12.1. The van der Waals surface area contributed by atoms with E-state index in [9.17, 15) is 9.59 Å². The van der Waals surface area contributed by atoms with E-state index in [0.717, 1.165) is 37.0 Å². The molecule has 4 aliphatic carbocycles. The second-order valence-electron chi connectivity index (χ2n) is 9.36. The van der Waals surface area contributed by atoms with Crippen LogP contribution in [0.15, 0.2) is 0 Å². The van der Waals surface area contributed by atoms with E-state index < -0.39 is 0 Å². The van der Waals surface area contributed by atoms with Crippen molar-refractivity contribution in [3.63, 3.8) is 0 Å². The molecule has 0 aliphatic heterocycles. The van der Waals surface area contributed by atoms with Crippen LogP contribution in [0.1, 0.15) is 72.1 Å². The molecule has 0 amide bonds. The van der Waals surface area contributed by atoms with E-state index in [0.29, 0.717) is 23.4 Å². The predicted molar refractivity (Wildman–Crippen MR) is 86.3 cm³/mol. The van der Waals surface area contributed by atoms with Gasteiger partial charge in [0.25, 0.3) is 0 Å². The lowest BCUT2D eigenvalue weighted by Gasteiger charge is -2.57. The maximum atomic E-state index is 12.1. The van der Waals surface area contributed by atoms with Crippen molar-refractivity contribution in [1.29, 1.82) is 0 Å².